The van der Waals surface area contributed by atoms with E-state index < -0.39 is 46.1 Å². The zero-order chi connectivity index (χ0) is 28.8. The zero-order valence-electron chi connectivity index (χ0n) is 21.0. The predicted octanol–water partition coefficient (Wildman–Crippen LogP) is 2.18. The van der Waals surface area contributed by atoms with Gasteiger partial charge in [0, 0.05) is 41.3 Å². The van der Waals surface area contributed by atoms with E-state index in [0.29, 0.717) is 21.7 Å². The van der Waals surface area contributed by atoms with E-state index in [1.807, 2.05) is 0 Å². The van der Waals surface area contributed by atoms with Gasteiger partial charge in [0.1, 0.15) is 24.1 Å². The Morgan fingerprint density at radius 2 is 2.15 bits per heavy atom. The molecule has 3 aromatic rings. The molecule has 3 aromatic heterocycles. The molecule has 0 amide bonds. The molecular weight excluding hydrogens is 577 g/mol. The van der Waals surface area contributed by atoms with Crippen molar-refractivity contribution in [2.24, 2.45) is 11.1 Å². The fourth-order valence-electron chi connectivity index (χ4n) is 4.91. The molecule has 1 unspecified atom stereocenters. The van der Waals surface area contributed by atoms with Gasteiger partial charge in [0.25, 0.3) is 0 Å². The second-order valence-corrected chi connectivity index (χ2v) is 12.1. The first-order chi connectivity index (χ1) is 18.8. The zero-order valence-corrected chi connectivity index (χ0v) is 22.6. The van der Waals surface area contributed by atoms with E-state index in [1.165, 1.54) is 17.1 Å². The summed E-state index contributed by atoms with van der Waals surface area (Å²) in [5.41, 5.74) is -0.314. The number of aryl methyl sites for hydroxylation is 1. The van der Waals surface area contributed by atoms with Crippen molar-refractivity contribution in [3.63, 3.8) is 0 Å². The highest BCUT2D eigenvalue weighted by atomic mass is 32.2. The van der Waals surface area contributed by atoms with Crippen LogP contribution in [-0.4, -0.2) is 64.2 Å². The number of nitrogens with one attached hydrogen (secondary N) is 1. The van der Waals surface area contributed by atoms with E-state index in [0.717, 1.165) is 17.5 Å². The van der Waals surface area contributed by atoms with Crippen LogP contribution in [0.25, 0.3) is 0 Å². The van der Waals surface area contributed by atoms with E-state index in [9.17, 15) is 31.5 Å². The number of ketones is 1. The van der Waals surface area contributed by atoms with Crippen molar-refractivity contribution in [1.29, 1.82) is 0 Å². The number of hydrogen-bond acceptors (Lipinski definition) is 11. The quantitative estimate of drug-likeness (QED) is 0.325. The third kappa shape index (κ3) is 6.03. The molecule has 4 atom stereocenters. The lowest BCUT2D eigenvalue weighted by Crippen LogP contribution is -2.24. The van der Waals surface area contributed by atoms with Gasteiger partial charge in [0.05, 0.1) is 29.8 Å². The molecule has 1 aliphatic carbocycles. The van der Waals surface area contributed by atoms with Crippen molar-refractivity contribution in [2.45, 2.75) is 50.7 Å². The lowest BCUT2D eigenvalue weighted by Gasteiger charge is -2.24. The normalized spacial score (nSPS) is 23.2. The van der Waals surface area contributed by atoms with Crippen LogP contribution in [0.3, 0.4) is 0 Å². The molecule has 1 fully saturated rings. The van der Waals surface area contributed by atoms with Gasteiger partial charge in [-0.25, -0.2) is 20.1 Å². The number of aromatic nitrogens is 4. The Kier molecular flexibility index (Phi) is 7.71. The van der Waals surface area contributed by atoms with Gasteiger partial charge in [-0.1, -0.05) is 0 Å². The number of carbonyl (C=O) groups is 1. The Morgan fingerprint density at radius 3 is 2.88 bits per heavy atom. The Balaban J connectivity index is 1.35. The summed E-state index contributed by atoms with van der Waals surface area (Å²) in [6.45, 7) is 1.88. The fraction of sp³-hybridized carbons (Fsp3) is 0.478. The molecule has 0 bridgehead atoms. The average Bonchev–Trinajstić information content (AvgIpc) is 3.58. The first kappa shape index (κ1) is 28.6. The first-order valence-corrected chi connectivity index (χ1v) is 14.4. The minimum atomic E-state index is -4.60. The average molecular weight is 603 g/mol. The summed E-state index contributed by atoms with van der Waals surface area (Å²) in [6.07, 6.45) is -2.17. The second-order valence-electron chi connectivity index (χ2n) is 9.58. The molecule has 4 N–H and O–H groups in total. The highest BCUT2D eigenvalue weighted by molar-refractivity contribution is 7.84. The van der Waals surface area contributed by atoms with Gasteiger partial charge in [-0.2, -0.15) is 21.6 Å². The van der Waals surface area contributed by atoms with Gasteiger partial charge >= 0.3 is 16.5 Å². The molecule has 4 heterocycles. The van der Waals surface area contributed by atoms with Crippen molar-refractivity contribution in [1.82, 2.24) is 19.5 Å². The highest BCUT2D eigenvalue weighted by Gasteiger charge is 2.38. The molecule has 1 saturated carbocycles. The van der Waals surface area contributed by atoms with Gasteiger partial charge in [0.2, 0.25) is 5.78 Å². The number of imidazole rings is 1. The smallest absolute Gasteiger partial charge is 0.393 e. The van der Waals surface area contributed by atoms with E-state index in [-0.39, 0.29) is 49.4 Å². The largest absolute Gasteiger partial charge is 0.434 e. The minimum Gasteiger partial charge on any atom is -0.393 e. The molecule has 40 heavy (non-hydrogen) atoms. The van der Waals surface area contributed by atoms with Crippen LogP contribution in [0.5, 0.6) is 0 Å². The van der Waals surface area contributed by atoms with Gasteiger partial charge in [-0.05, 0) is 25.8 Å². The number of hydrogen-bond donors (Lipinski definition) is 3. The molecule has 0 radical (unpaired) electrons. The SMILES string of the molecule is Cc1sc(C(=O)c2cncnc2N[C@@H]2C[C@H](COS(N)(=O)=O)[C@@H](O)C2)cc1C1OCCn2cc(C(F)(F)F)nc21. The maximum absolute atomic E-state index is 13.5. The van der Waals surface area contributed by atoms with Crippen molar-refractivity contribution in [3.8, 4) is 0 Å². The van der Waals surface area contributed by atoms with Crippen LogP contribution in [0.4, 0.5) is 19.0 Å². The Morgan fingerprint density at radius 1 is 1.38 bits per heavy atom. The first-order valence-electron chi connectivity index (χ1n) is 12.1. The summed E-state index contributed by atoms with van der Waals surface area (Å²) in [4.78, 5) is 26.5. The van der Waals surface area contributed by atoms with Crippen LogP contribution < -0.4 is 10.5 Å². The second kappa shape index (κ2) is 10.8. The van der Waals surface area contributed by atoms with E-state index in [2.05, 4.69) is 24.5 Å². The number of fused-ring (bicyclic) bond motifs is 1. The van der Waals surface area contributed by atoms with E-state index >= 15 is 0 Å². The van der Waals surface area contributed by atoms with Crippen molar-refractivity contribution in [2.75, 3.05) is 18.5 Å². The summed E-state index contributed by atoms with van der Waals surface area (Å²) in [5, 5.41) is 18.3. The maximum atomic E-state index is 13.5. The van der Waals surface area contributed by atoms with Crippen LogP contribution in [-0.2, 0) is 31.9 Å². The summed E-state index contributed by atoms with van der Waals surface area (Å²) in [5.74, 6) is -0.577. The van der Waals surface area contributed by atoms with Crippen LogP contribution in [0.2, 0.25) is 0 Å². The maximum Gasteiger partial charge on any atom is 0.434 e. The number of aliphatic hydroxyl groups excluding tert-OH is 1. The Labute approximate surface area is 230 Å². The van der Waals surface area contributed by atoms with Gasteiger partial charge in [0.15, 0.2) is 5.69 Å². The van der Waals surface area contributed by atoms with Crippen molar-refractivity contribution >= 4 is 33.2 Å². The Bertz CT molecular complexity index is 1530. The van der Waals surface area contributed by atoms with Gasteiger partial charge < -0.3 is 19.7 Å². The minimum absolute atomic E-state index is 0.115. The van der Waals surface area contributed by atoms with E-state index in [1.54, 1.807) is 13.0 Å². The summed E-state index contributed by atoms with van der Waals surface area (Å²) < 4.78 is 73.8. The van der Waals surface area contributed by atoms with Crippen LogP contribution >= 0.6 is 11.3 Å². The van der Waals surface area contributed by atoms with E-state index in [4.69, 9.17) is 9.88 Å². The number of carbonyl (C=O) groups excluding carboxylic acids is 1. The highest BCUT2D eigenvalue weighted by Crippen LogP contribution is 2.38. The third-order valence-electron chi connectivity index (χ3n) is 6.81. The number of rotatable bonds is 8. The lowest BCUT2D eigenvalue weighted by atomic mass is 10.1. The molecule has 0 spiro atoms. The van der Waals surface area contributed by atoms with Crippen LogP contribution in [0.15, 0.2) is 24.8 Å². The number of aliphatic hydroxyl groups is 1. The molecule has 12 nitrogen and oxygen atoms in total. The van der Waals surface area contributed by atoms with Gasteiger partial charge in [-0.15, -0.1) is 11.3 Å². The summed E-state index contributed by atoms with van der Waals surface area (Å²) in [7, 11) is -4.15. The van der Waals surface area contributed by atoms with Crippen molar-refractivity contribution in [3.05, 3.63) is 57.2 Å². The molecule has 2 aliphatic rings. The number of nitrogens with zero attached hydrogens (tertiary/aromatic N) is 4. The third-order valence-corrected chi connectivity index (χ3v) is 8.34. The molecule has 17 heteroatoms. The van der Waals surface area contributed by atoms with Crippen LogP contribution in [0.1, 0.15) is 56.1 Å². The number of alkyl halides is 3. The molecule has 0 saturated heterocycles. The van der Waals surface area contributed by atoms with Crippen molar-refractivity contribution < 1.29 is 40.4 Å². The molecule has 0 aromatic carbocycles. The topological polar surface area (TPSA) is 172 Å². The summed E-state index contributed by atoms with van der Waals surface area (Å²) >= 11 is 1.16. The molecule has 1 aliphatic heterocycles. The Hall–Kier alpha value is -2.96. The molecule has 216 valence electrons. The van der Waals surface area contributed by atoms with Gasteiger partial charge in [-0.3, -0.25) is 8.98 Å². The number of anilines is 1. The monoisotopic (exact) mass is 602 g/mol. The summed E-state index contributed by atoms with van der Waals surface area (Å²) in [6, 6.07) is 1.24. The molecular formula is C23H25F3N6O6S2. The number of thiophene rings is 1. The fourth-order valence-corrected chi connectivity index (χ4v) is 6.28. The number of nitrogens with two attached hydrogens (primary N) is 1. The molecule has 5 rings (SSSR count). The predicted molar refractivity (Wildman–Crippen MR) is 135 cm³/mol. The van der Waals surface area contributed by atoms with Crippen LogP contribution in [0, 0.1) is 12.8 Å². The number of halogens is 3. The standard InChI is InChI=1S/C23H25F3N6O6S2/c1-11-14(20-22-31-18(23(24,25)26)8-32(22)2-3-37-20)6-17(39-11)19(34)15-7-28-10-29-21(15)30-13-4-12(16(33)5-13)9-38-40(27,35)36/h6-8,10,12-13,16,20,33H,2-5,9H2,1H3,(H2,27,35,36)(H,28,29,30)/t12-,13-,16+,20?/m1/s1. The number of ether oxygens (including phenoxy) is 1. The lowest BCUT2D eigenvalue weighted by molar-refractivity contribution is -0.141.